The molecule has 0 spiro atoms. The van der Waals surface area contributed by atoms with Crippen molar-refractivity contribution in [3.05, 3.63) is 36.4 Å². The van der Waals surface area contributed by atoms with Crippen molar-refractivity contribution in [2.45, 2.75) is 57.7 Å². The fourth-order valence-corrected chi connectivity index (χ4v) is 4.43. The monoisotopic (exact) mass is 454 g/mol. The van der Waals surface area contributed by atoms with E-state index >= 15 is 0 Å². The number of fused-ring (bicyclic) bond motifs is 2. The highest BCUT2D eigenvalue weighted by Crippen LogP contribution is 2.46. The second-order valence-electron chi connectivity index (χ2n) is 8.26. The van der Waals surface area contributed by atoms with E-state index in [-0.39, 0.29) is 6.04 Å². The summed E-state index contributed by atoms with van der Waals surface area (Å²) in [5.41, 5.74) is 6.90. The van der Waals surface area contributed by atoms with Crippen LogP contribution in [0.2, 0.25) is 0 Å². The molecule has 1 fully saturated rings. The van der Waals surface area contributed by atoms with E-state index < -0.39 is 17.9 Å². The number of amides is 2. The summed E-state index contributed by atoms with van der Waals surface area (Å²) in [6.45, 7) is 3.47. The molecule has 10 nitrogen and oxygen atoms in total. The maximum Gasteiger partial charge on any atom is 0.259 e. The highest BCUT2D eigenvalue weighted by atomic mass is 16.5. The lowest BCUT2D eigenvalue weighted by atomic mass is 10.00. The summed E-state index contributed by atoms with van der Waals surface area (Å²) in [7, 11) is 1.58. The first-order valence-electron chi connectivity index (χ1n) is 11.3. The maximum absolute atomic E-state index is 12.2. The minimum Gasteiger partial charge on any atom is -0.492 e. The summed E-state index contributed by atoms with van der Waals surface area (Å²) >= 11 is 0. The van der Waals surface area contributed by atoms with E-state index in [1.54, 1.807) is 18.2 Å². The zero-order chi connectivity index (χ0) is 23.4. The Balaban J connectivity index is 1.34. The molecule has 1 aromatic carbocycles. The number of imidazole rings is 1. The lowest BCUT2D eigenvalue weighted by molar-refractivity contribution is -0.131. The van der Waals surface area contributed by atoms with Gasteiger partial charge in [-0.2, -0.15) is 0 Å². The molecule has 0 saturated carbocycles. The van der Waals surface area contributed by atoms with Gasteiger partial charge in [0.1, 0.15) is 0 Å². The van der Waals surface area contributed by atoms with E-state index in [0.717, 1.165) is 37.8 Å². The molecule has 2 aliphatic heterocycles. The molecule has 2 atom stereocenters. The van der Waals surface area contributed by atoms with Gasteiger partial charge in [0.2, 0.25) is 11.9 Å². The van der Waals surface area contributed by atoms with Crippen molar-refractivity contribution in [3.8, 4) is 11.5 Å². The third-order valence-corrected chi connectivity index (χ3v) is 6.06. The van der Waals surface area contributed by atoms with Crippen LogP contribution in [-0.2, 0) is 16.1 Å². The Morgan fingerprint density at radius 1 is 1.21 bits per heavy atom. The van der Waals surface area contributed by atoms with E-state index in [0.29, 0.717) is 29.8 Å². The van der Waals surface area contributed by atoms with E-state index in [1.165, 1.54) is 6.42 Å². The summed E-state index contributed by atoms with van der Waals surface area (Å²) in [5, 5.41) is 2.64. The second-order valence-corrected chi connectivity index (χ2v) is 8.26. The van der Waals surface area contributed by atoms with Crippen molar-refractivity contribution in [2.24, 2.45) is 10.7 Å². The Morgan fingerprint density at radius 2 is 2.00 bits per heavy atom. The van der Waals surface area contributed by atoms with Crippen molar-refractivity contribution in [1.82, 2.24) is 19.8 Å². The molecule has 2 unspecified atom stereocenters. The number of rotatable bonds is 11. The maximum atomic E-state index is 12.2. The van der Waals surface area contributed by atoms with E-state index in [2.05, 4.69) is 19.9 Å². The number of methoxy groups -OCH3 is 1. The molecule has 33 heavy (non-hydrogen) atoms. The van der Waals surface area contributed by atoms with Gasteiger partial charge in [-0.15, -0.1) is 0 Å². The summed E-state index contributed by atoms with van der Waals surface area (Å²) in [5.74, 6) is 0.319. The number of hydrogen-bond donors (Lipinski definition) is 2. The number of primary amides is 1. The van der Waals surface area contributed by atoms with Crippen LogP contribution >= 0.6 is 0 Å². The fraction of sp³-hybridized carbons (Fsp3) is 0.478. The molecule has 10 heteroatoms. The number of carbonyl (C=O) groups excluding carboxylic acids is 2. The Hall–Kier alpha value is -3.56. The van der Waals surface area contributed by atoms with Crippen molar-refractivity contribution in [3.63, 3.8) is 0 Å². The number of ether oxygens (including phenoxy) is 2. The molecule has 2 aromatic rings. The number of carbonyl (C=O) groups is 2. The Kier molecular flexibility index (Phi) is 6.81. The van der Waals surface area contributed by atoms with Crippen molar-refractivity contribution in [1.29, 1.82) is 0 Å². The predicted molar refractivity (Wildman–Crippen MR) is 122 cm³/mol. The van der Waals surface area contributed by atoms with E-state index in [4.69, 9.17) is 15.2 Å². The Bertz CT molecular complexity index is 1040. The van der Waals surface area contributed by atoms with Crippen LogP contribution in [0.3, 0.4) is 0 Å². The van der Waals surface area contributed by atoms with Gasteiger partial charge in [-0.05, 0) is 31.9 Å². The number of benzene rings is 1. The number of aliphatic imine (C=N–C) groups is 1. The fourth-order valence-electron chi connectivity index (χ4n) is 4.43. The Morgan fingerprint density at radius 3 is 2.73 bits per heavy atom. The summed E-state index contributed by atoms with van der Waals surface area (Å²) in [4.78, 5) is 34.3. The lowest BCUT2D eigenvalue weighted by Crippen LogP contribution is -2.47. The minimum atomic E-state index is -1.10. The molecule has 2 aliphatic rings. The first kappa shape index (κ1) is 22.6. The van der Waals surface area contributed by atoms with Crippen molar-refractivity contribution >= 4 is 23.5 Å². The molecule has 4 rings (SSSR count). The average molecular weight is 455 g/mol. The van der Waals surface area contributed by atoms with Crippen LogP contribution in [0.4, 0.5) is 5.69 Å². The number of aromatic nitrogens is 2. The van der Waals surface area contributed by atoms with Gasteiger partial charge >= 0.3 is 0 Å². The average Bonchev–Trinajstić information content (AvgIpc) is 3.42. The number of aryl methyl sites for hydroxylation is 1. The van der Waals surface area contributed by atoms with Crippen LogP contribution in [0.5, 0.6) is 11.5 Å². The van der Waals surface area contributed by atoms with Crippen LogP contribution in [0.25, 0.3) is 0 Å². The molecule has 2 amide bonds. The number of nitrogens with two attached hydrogens (primary N) is 1. The number of nitrogens with one attached hydrogen (secondary N) is 1. The zero-order valence-electron chi connectivity index (χ0n) is 19.0. The second kappa shape index (κ2) is 9.93. The molecule has 176 valence electrons. The van der Waals surface area contributed by atoms with E-state index in [9.17, 15) is 9.59 Å². The molecule has 1 saturated heterocycles. The molecule has 0 aliphatic carbocycles. The van der Waals surface area contributed by atoms with Gasteiger partial charge in [0, 0.05) is 24.5 Å². The van der Waals surface area contributed by atoms with Crippen LogP contribution in [-0.4, -0.2) is 52.0 Å². The number of nitrogens with zero attached hydrogens (tertiary/aromatic N) is 4. The van der Waals surface area contributed by atoms with Gasteiger partial charge in [-0.3, -0.25) is 14.9 Å². The SMILES string of the molecule is COc1c(OCCCCCCCn2ccnc2)ccc2c1C(C)N1C(=N2)NC(=O)C1C(N)=O. The van der Waals surface area contributed by atoms with Gasteiger partial charge in [0.25, 0.3) is 5.91 Å². The predicted octanol–water partition coefficient (Wildman–Crippen LogP) is 2.27. The van der Waals surface area contributed by atoms with Gasteiger partial charge < -0.3 is 24.7 Å². The highest BCUT2D eigenvalue weighted by Gasteiger charge is 2.46. The molecular formula is C23H30N6O4. The zero-order valence-corrected chi connectivity index (χ0v) is 19.0. The van der Waals surface area contributed by atoms with Gasteiger partial charge in [-0.25, -0.2) is 9.98 Å². The van der Waals surface area contributed by atoms with Crippen molar-refractivity contribution < 1.29 is 19.1 Å². The summed E-state index contributed by atoms with van der Waals surface area (Å²) < 4.78 is 13.8. The minimum absolute atomic E-state index is 0.326. The normalized spacial score (nSPS) is 18.9. The third-order valence-electron chi connectivity index (χ3n) is 6.06. The smallest absolute Gasteiger partial charge is 0.259 e. The molecule has 0 radical (unpaired) electrons. The number of unbranched alkanes of at least 4 members (excludes halogenated alkanes) is 4. The summed E-state index contributed by atoms with van der Waals surface area (Å²) in [6, 6.07) is 2.22. The molecular weight excluding hydrogens is 424 g/mol. The van der Waals surface area contributed by atoms with Crippen LogP contribution in [0, 0.1) is 0 Å². The first-order valence-corrected chi connectivity index (χ1v) is 11.3. The summed E-state index contributed by atoms with van der Waals surface area (Å²) in [6.07, 6.45) is 11.1. The molecule has 3 N–H and O–H groups in total. The molecule has 1 aromatic heterocycles. The lowest BCUT2D eigenvalue weighted by Gasteiger charge is -2.34. The largest absolute Gasteiger partial charge is 0.492 e. The highest BCUT2D eigenvalue weighted by molar-refractivity contribution is 6.17. The van der Waals surface area contributed by atoms with Crippen LogP contribution in [0.15, 0.2) is 35.8 Å². The quantitative estimate of drug-likeness (QED) is 0.396. The van der Waals surface area contributed by atoms with Crippen LogP contribution in [0.1, 0.15) is 50.6 Å². The molecule has 3 heterocycles. The first-order chi connectivity index (χ1) is 16.0. The number of guanidine groups is 1. The standard InChI is InChI=1S/C23H30N6O4/c1-15-18-16(26-23-27-22(31)19(21(24)30)29(15)23)8-9-17(20(18)32-2)33-13-7-5-3-4-6-11-28-12-10-25-14-28/h8-10,12,14-15,19H,3-7,11,13H2,1-2H3,(H2,24,30)(H,26,27,31). The van der Waals surface area contributed by atoms with Gasteiger partial charge in [0.15, 0.2) is 17.5 Å². The Labute approximate surface area is 192 Å². The van der Waals surface area contributed by atoms with Crippen LogP contribution < -0.4 is 20.5 Å². The molecule has 0 bridgehead atoms. The topological polar surface area (TPSA) is 124 Å². The van der Waals surface area contributed by atoms with E-state index in [1.807, 2.05) is 31.6 Å². The van der Waals surface area contributed by atoms with Crippen molar-refractivity contribution in [2.75, 3.05) is 13.7 Å². The third kappa shape index (κ3) is 4.64. The van der Waals surface area contributed by atoms with Gasteiger partial charge in [0.05, 0.1) is 31.8 Å². The number of hydrogen-bond acceptors (Lipinski definition) is 7. The van der Waals surface area contributed by atoms with Gasteiger partial charge in [-0.1, -0.05) is 19.3 Å².